The molecule has 0 aromatic rings. The highest BCUT2D eigenvalue weighted by atomic mass is 32.2. The summed E-state index contributed by atoms with van der Waals surface area (Å²) in [6.45, 7) is 5.64. The second-order valence-corrected chi connectivity index (χ2v) is 5.96. The summed E-state index contributed by atoms with van der Waals surface area (Å²) in [5.41, 5.74) is 5.49. The maximum Gasteiger partial charge on any atom is 0.00521 e. The minimum atomic E-state index is 0.852. The Morgan fingerprint density at radius 3 is 2.31 bits per heavy atom. The van der Waals surface area contributed by atoms with Gasteiger partial charge in [-0.25, -0.2) is 0 Å². The van der Waals surface area contributed by atoms with Crippen molar-refractivity contribution in [2.45, 2.75) is 44.8 Å². The third-order valence-corrected chi connectivity index (χ3v) is 4.22. The first-order chi connectivity index (χ1) is 6.22. The predicted molar refractivity (Wildman–Crippen MR) is 62.1 cm³/mol. The molecule has 1 aliphatic carbocycles. The van der Waals surface area contributed by atoms with Gasteiger partial charge >= 0.3 is 0 Å². The minimum Gasteiger partial charge on any atom is -0.330 e. The molecule has 0 radical (unpaired) electrons. The highest BCUT2D eigenvalue weighted by Gasteiger charge is 2.23. The van der Waals surface area contributed by atoms with E-state index in [2.05, 4.69) is 25.6 Å². The molecule has 0 aliphatic heterocycles. The second-order valence-electron chi connectivity index (χ2n) is 4.55. The van der Waals surface area contributed by atoms with E-state index in [0.29, 0.717) is 0 Å². The average Bonchev–Trinajstić information content (AvgIpc) is 2.03. The first-order valence-corrected chi connectivity index (χ1v) is 6.59. The molecule has 0 spiro atoms. The number of hydrogen-bond acceptors (Lipinski definition) is 2. The van der Waals surface area contributed by atoms with Crippen LogP contribution in [0.4, 0.5) is 0 Å². The highest BCUT2D eigenvalue weighted by molar-refractivity contribution is 7.99. The SMILES string of the molecule is CC1CC(C)CC(SCCCN)C1. The summed E-state index contributed by atoms with van der Waals surface area (Å²) >= 11 is 2.15. The number of thioether (sulfide) groups is 1. The maximum atomic E-state index is 5.49. The number of hydrogen-bond donors (Lipinski definition) is 1. The first-order valence-electron chi connectivity index (χ1n) is 5.54. The quantitative estimate of drug-likeness (QED) is 0.708. The van der Waals surface area contributed by atoms with Gasteiger partial charge in [-0.3, -0.25) is 0 Å². The summed E-state index contributed by atoms with van der Waals surface area (Å²) in [5, 5.41) is 0.922. The van der Waals surface area contributed by atoms with E-state index in [1.165, 1.54) is 31.4 Å². The van der Waals surface area contributed by atoms with Crippen molar-refractivity contribution in [2.75, 3.05) is 12.3 Å². The second kappa shape index (κ2) is 5.92. The van der Waals surface area contributed by atoms with Gasteiger partial charge in [-0.05, 0) is 49.8 Å². The van der Waals surface area contributed by atoms with Gasteiger partial charge in [0.05, 0.1) is 0 Å². The van der Waals surface area contributed by atoms with Gasteiger partial charge < -0.3 is 5.73 Å². The summed E-state index contributed by atoms with van der Waals surface area (Å²) < 4.78 is 0. The zero-order valence-electron chi connectivity index (χ0n) is 8.96. The lowest BCUT2D eigenvalue weighted by Gasteiger charge is -2.31. The standard InChI is InChI=1S/C11H23NS/c1-9-6-10(2)8-11(7-9)13-5-3-4-12/h9-11H,3-8,12H2,1-2H3. The molecule has 1 nitrogen and oxygen atoms in total. The molecule has 1 rings (SSSR count). The van der Waals surface area contributed by atoms with E-state index < -0.39 is 0 Å². The molecule has 2 heteroatoms. The van der Waals surface area contributed by atoms with Gasteiger partial charge in [-0.15, -0.1) is 0 Å². The van der Waals surface area contributed by atoms with Crippen molar-refractivity contribution < 1.29 is 0 Å². The summed E-state index contributed by atoms with van der Waals surface area (Å²) in [6.07, 6.45) is 5.48. The van der Waals surface area contributed by atoms with E-state index in [9.17, 15) is 0 Å². The Labute approximate surface area is 86.8 Å². The van der Waals surface area contributed by atoms with Gasteiger partial charge in [0.2, 0.25) is 0 Å². The molecule has 0 aromatic heterocycles. The smallest absolute Gasteiger partial charge is 0.00521 e. The van der Waals surface area contributed by atoms with Crippen molar-refractivity contribution in [2.24, 2.45) is 17.6 Å². The van der Waals surface area contributed by atoms with E-state index in [1.807, 2.05) is 0 Å². The Morgan fingerprint density at radius 1 is 1.15 bits per heavy atom. The third kappa shape index (κ3) is 4.37. The van der Waals surface area contributed by atoms with Crippen molar-refractivity contribution in [3.05, 3.63) is 0 Å². The van der Waals surface area contributed by atoms with Crippen molar-refractivity contribution in [3.63, 3.8) is 0 Å². The summed E-state index contributed by atoms with van der Waals surface area (Å²) in [5.74, 6) is 3.15. The molecule has 2 N–H and O–H groups in total. The molecule has 1 saturated carbocycles. The van der Waals surface area contributed by atoms with Crippen LogP contribution in [0.3, 0.4) is 0 Å². The molecule has 0 saturated heterocycles. The van der Waals surface area contributed by atoms with E-state index in [0.717, 1.165) is 23.6 Å². The molecule has 0 heterocycles. The monoisotopic (exact) mass is 201 g/mol. The Kier molecular flexibility index (Phi) is 5.18. The molecule has 0 aromatic carbocycles. The van der Waals surface area contributed by atoms with Crippen molar-refractivity contribution in [1.82, 2.24) is 0 Å². The van der Waals surface area contributed by atoms with Crippen LogP contribution in [0.1, 0.15) is 39.5 Å². The van der Waals surface area contributed by atoms with Crippen LogP contribution < -0.4 is 5.73 Å². The largest absolute Gasteiger partial charge is 0.330 e. The molecule has 13 heavy (non-hydrogen) atoms. The van der Waals surface area contributed by atoms with E-state index in [-0.39, 0.29) is 0 Å². The highest BCUT2D eigenvalue weighted by Crippen LogP contribution is 2.35. The van der Waals surface area contributed by atoms with E-state index in [4.69, 9.17) is 5.73 Å². The zero-order chi connectivity index (χ0) is 9.68. The maximum absolute atomic E-state index is 5.49. The fraction of sp³-hybridized carbons (Fsp3) is 1.00. The lowest BCUT2D eigenvalue weighted by molar-refractivity contribution is 0.309. The molecule has 1 aliphatic rings. The van der Waals surface area contributed by atoms with Gasteiger partial charge in [0, 0.05) is 5.25 Å². The lowest BCUT2D eigenvalue weighted by Crippen LogP contribution is -2.21. The normalized spacial score (nSPS) is 34.8. The summed E-state index contributed by atoms with van der Waals surface area (Å²) in [4.78, 5) is 0. The molecule has 0 bridgehead atoms. The van der Waals surface area contributed by atoms with Crippen LogP contribution in [0, 0.1) is 11.8 Å². The predicted octanol–water partition coefficient (Wildman–Crippen LogP) is 2.89. The van der Waals surface area contributed by atoms with Gasteiger partial charge in [-0.2, -0.15) is 11.8 Å². The average molecular weight is 201 g/mol. The summed E-state index contributed by atoms with van der Waals surface area (Å²) in [7, 11) is 0. The molecule has 78 valence electrons. The topological polar surface area (TPSA) is 26.0 Å². The van der Waals surface area contributed by atoms with Crippen molar-refractivity contribution in [1.29, 1.82) is 0 Å². The van der Waals surface area contributed by atoms with Gasteiger partial charge in [0.1, 0.15) is 0 Å². The first kappa shape index (κ1) is 11.4. The Bertz CT molecular complexity index is 128. The lowest BCUT2D eigenvalue weighted by atomic mass is 9.83. The van der Waals surface area contributed by atoms with Crippen LogP contribution in [-0.4, -0.2) is 17.5 Å². The third-order valence-electron chi connectivity index (χ3n) is 2.84. The molecular formula is C11H23NS. The fourth-order valence-electron chi connectivity index (χ4n) is 2.34. The number of nitrogens with two attached hydrogens (primary N) is 1. The van der Waals surface area contributed by atoms with Crippen molar-refractivity contribution >= 4 is 11.8 Å². The van der Waals surface area contributed by atoms with Crippen LogP contribution >= 0.6 is 11.8 Å². The van der Waals surface area contributed by atoms with Crippen molar-refractivity contribution in [3.8, 4) is 0 Å². The van der Waals surface area contributed by atoms with Gasteiger partial charge in [0.15, 0.2) is 0 Å². The van der Waals surface area contributed by atoms with Crippen LogP contribution in [0.15, 0.2) is 0 Å². The fourth-order valence-corrected chi connectivity index (χ4v) is 3.94. The van der Waals surface area contributed by atoms with E-state index in [1.54, 1.807) is 0 Å². The van der Waals surface area contributed by atoms with Crippen LogP contribution in [-0.2, 0) is 0 Å². The van der Waals surface area contributed by atoms with Gasteiger partial charge in [-0.1, -0.05) is 13.8 Å². The Balaban J connectivity index is 2.17. The Hall–Kier alpha value is 0.310. The number of rotatable bonds is 4. The van der Waals surface area contributed by atoms with Gasteiger partial charge in [0.25, 0.3) is 0 Å². The Morgan fingerprint density at radius 2 is 1.77 bits per heavy atom. The van der Waals surface area contributed by atoms with Crippen LogP contribution in [0.5, 0.6) is 0 Å². The molecule has 2 unspecified atom stereocenters. The molecule has 0 amide bonds. The molecule has 1 fully saturated rings. The summed E-state index contributed by atoms with van der Waals surface area (Å²) in [6, 6.07) is 0. The van der Waals surface area contributed by atoms with Crippen LogP contribution in [0.25, 0.3) is 0 Å². The zero-order valence-corrected chi connectivity index (χ0v) is 9.78. The van der Waals surface area contributed by atoms with E-state index >= 15 is 0 Å². The minimum absolute atomic E-state index is 0.852. The van der Waals surface area contributed by atoms with Crippen LogP contribution in [0.2, 0.25) is 0 Å². The molecular weight excluding hydrogens is 178 g/mol. The molecule has 2 atom stereocenters.